The predicted octanol–water partition coefficient (Wildman–Crippen LogP) is 1.04. The van der Waals surface area contributed by atoms with E-state index in [9.17, 15) is 0 Å². The Hall–Kier alpha value is -0.550. The molecule has 0 amide bonds. The first-order valence-corrected chi connectivity index (χ1v) is 3.54. The SMILES string of the molecule is N#CC[C@@H]1CCCCN1. The van der Waals surface area contributed by atoms with Gasteiger partial charge in [0.25, 0.3) is 0 Å². The molecule has 0 radical (unpaired) electrons. The van der Waals surface area contributed by atoms with Crippen molar-refractivity contribution in [3.05, 3.63) is 0 Å². The topological polar surface area (TPSA) is 35.8 Å². The summed E-state index contributed by atoms with van der Waals surface area (Å²) in [6.45, 7) is 1.10. The zero-order valence-corrected chi connectivity index (χ0v) is 5.56. The molecular weight excluding hydrogens is 112 g/mol. The van der Waals surface area contributed by atoms with Gasteiger partial charge in [0.05, 0.1) is 12.5 Å². The van der Waals surface area contributed by atoms with Crippen LogP contribution in [0.2, 0.25) is 0 Å². The van der Waals surface area contributed by atoms with E-state index in [1.807, 2.05) is 0 Å². The third kappa shape index (κ3) is 2.03. The molecule has 50 valence electrons. The smallest absolute Gasteiger partial charge is 0.0638 e. The number of rotatable bonds is 1. The van der Waals surface area contributed by atoms with Crippen LogP contribution in [0.5, 0.6) is 0 Å². The Bertz CT molecular complexity index is 109. The van der Waals surface area contributed by atoms with Gasteiger partial charge in [-0.25, -0.2) is 0 Å². The average Bonchev–Trinajstić information content (AvgIpc) is 1.91. The maximum Gasteiger partial charge on any atom is 0.0638 e. The second kappa shape index (κ2) is 3.47. The molecule has 0 bridgehead atoms. The maximum absolute atomic E-state index is 8.33. The largest absolute Gasteiger partial charge is 0.313 e. The van der Waals surface area contributed by atoms with Crippen molar-refractivity contribution in [3.8, 4) is 6.07 Å². The van der Waals surface area contributed by atoms with Crippen LogP contribution in [0.3, 0.4) is 0 Å². The molecule has 1 saturated heterocycles. The monoisotopic (exact) mass is 124 g/mol. The highest BCUT2D eigenvalue weighted by Crippen LogP contribution is 2.08. The van der Waals surface area contributed by atoms with Gasteiger partial charge in [0, 0.05) is 6.04 Å². The zero-order valence-electron chi connectivity index (χ0n) is 5.56. The quantitative estimate of drug-likeness (QED) is 0.567. The number of hydrogen-bond donors (Lipinski definition) is 1. The molecule has 0 spiro atoms. The van der Waals surface area contributed by atoms with E-state index in [2.05, 4.69) is 11.4 Å². The number of nitrogens with one attached hydrogen (secondary N) is 1. The fourth-order valence-electron chi connectivity index (χ4n) is 1.21. The van der Waals surface area contributed by atoms with E-state index < -0.39 is 0 Å². The Morgan fingerprint density at radius 2 is 2.44 bits per heavy atom. The lowest BCUT2D eigenvalue weighted by Crippen LogP contribution is -2.33. The Balaban J connectivity index is 2.17. The summed E-state index contributed by atoms with van der Waals surface area (Å²) in [7, 11) is 0. The number of hydrogen-bond acceptors (Lipinski definition) is 2. The normalized spacial score (nSPS) is 27.2. The van der Waals surface area contributed by atoms with Crippen molar-refractivity contribution >= 4 is 0 Å². The molecule has 0 saturated carbocycles. The standard InChI is InChI=1S/C7H12N2/c8-5-4-7-3-1-2-6-9-7/h7,9H,1-4,6H2/t7-/m0/s1. The molecule has 0 unspecified atom stereocenters. The highest BCUT2D eigenvalue weighted by atomic mass is 14.9. The molecule has 1 rings (SSSR count). The van der Waals surface area contributed by atoms with Gasteiger partial charge in [-0.05, 0) is 19.4 Å². The van der Waals surface area contributed by atoms with E-state index in [4.69, 9.17) is 5.26 Å². The molecule has 0 aromatic rings. The second-order valence-corrected chi connectivity index (χ2v) is 2.51. The minimum absolute atomic E-state index is 0.490. The third-order valence-corrected chi connectivity index (χ3v) is 1.75. The lowest BCUT2D eigenvalue weighted by atomic mass is 10.0. The Morgan fingerprint density at radius 1 is 1.56 bits per heavy atom. The van der Waals surface area contributed by atoms with E-state index in [0.717, 1.165) is 6.54 Å². The molecule has 0 aromatic carbocycles. The lowest BCUT2D eigenvalue weighted by molar-refractivity contribution is 0.406. The van der Waals surface area contributed by atoms with Crippen molar-refractivity contribution in [1.29, 1.82) is 5.26 Å². The van der Waals surface area contributed by atoms with Gasteiger partial charge < -0.3 is 5.32 Å². The fourth-order valence-corrected chi connectivity index (χ4v) is 1.21. The van der Waals surface area contributed by atoms with Gasteiger partial charge in [0.1, 0.15) is 0 Å². The third-order valence-electron chi connectivity index (χ3n) is 1.75. The van der Waals surface area contributed by atoms with E-state index in [1.165, 1.54) is 19.3 Å². The Kier molecular flexibility index (Phi) is 2.53. The molecule has 2 nitrogen and oxygen atoms in total. The highest BCUT2D eigenvalue weighted by molar-refractivity contribution is 4.82. The molecule has 1 aliphatic heterocycles. The minimum atomic E-state index is 0.490. The van der Waals surface area contributed by atoms with Gasteiger partial charge in [0.2, 0.25) is 0 Å². The zero-order chi connectivity index (χ0) is 6.53. The molecular formula is C7H12N2. The summed E-state index contributed by atoms with van der Waals surface area (Å²) in [6.07, 6.45) is 4.44. The molecule has 1 heterocycles. The van der Waals surface area contributed by atoms with E-state index in [1.54, 1.807) is 0 Å². The maximum atomic E-state index is 8.33. The fraction of sp³-hybridized carbons (Fsp3) is 0.857. The van der Waals surface area contributed by atoms with Gasteiger partial charge in [-0.1, -0.05) is 6.42 Å². The van der Waals surface area contributed by atoms with Crippen molar-refractivity contribution in [1.82, 2.24) is 5.32 Å². The summed E-state index contributed by atoms with van der Waals surface area (Å²) in [5.74, 6) is 0. The van der Waals surface area contributed by atoms with Gasteiger partial charge >= 0.3 is 0 Å². The van der Waals surface area contributed by atoms with Crippen LogP contribution < -0.4 is 5.32 Å². The molecule has 1 N–H and O–H groups in total. The van der Waals surface area contributed by atoms with Crippen LogP contribution >= 0.6 is 0 Å². The van der Waals surface area contributed by atoms with E-state index in [-0.39, 0.29) is 0 Å². The van der Waals surface area contributed by atoms with E-state index in [0.29, 0.717) is 12.5 Å². The summed E-state index contributed by atoms with van der Waals surface area (Å²) < 4.78 is 0. The first-order valence-electron chi connectivity index (χ1n) is 3.54. The van der Waals surface area contributed by atoms with E-state index >= 15 is 0 Å². The first kappa shape index (κ1) is 6.57. The molecule has 1 fully saturated rings. The molecule has 0 aromatic heterocycles. The van der Waals surface area contributed by atoms with Gasteiger partial charge in [-0.15, -0.1) is 0 Å². The summed E-state index contributed by atoms with van der Waals surface area (Å²) in [5.41, 5.74) is 0. The number of nitriles is 1. The summed E-state index contributed by atoms with van der Waals surface area (Å²) in [6, 6.07) is 2.66. The van der Waals surface area contributed by atoms with Crippen LogP contribution in [0.4, 0.5) is 0 Å². The van der Waals surface area contributed by atoms with Crippen LogP contribution in [-0.2, 0) is 0 Å². The predicted molar refractivity (Wildman–Crippen MR) is 35.9 cm³/mol. The van der Waals surface area contributed by atoms with Crippen LogP contribution in [0.25, 0.3) is 0 Å². The summed E-state index contributed by atoms with van der Waals surface area (Å²) >= 11 is 0. The van der Waals surface area contributed by atoms with Crippen molar-refractivity contribution < 1.29 is 0 Å². The number of nitrogens with zero attached hydrogens (tertiary/aromatic N) is 1. The average molecular weight is 124 g/mol. The van der Waals surface area contributed by atoms with Gasteiger partial charge in [-0.2, -0.15) is 5.26 Å². The molecule has 0 aliphatic carbocycles. The Morgan fingerprint density at radius 3 is 3.00 bits per heavy atom. The number of piperidine rings is 1. The van der Waals surface area contributed by atoms with Crippen LogP contribution in [0.15, 0.2) is 0 Å². The van der Waals surface area contributed by atoms with Crippen LogP contribution in [0, 0.1) is 11.3 Å². The van der Waals surface area contributed by atoms with Gasteiger partial charge in [0.15, 0.2) is 0 Å². The summed E-state index contributed by atoms with van der Waals surface area (Å²) in [5, 5.41) is 11.6. The van der Waals surface area contributed by atoms with Crippen LogP contribution in [-0.4, -0.2) is 12.6 Å². The van der Waals surface area contributed by atoms with Crippen molar-refractivity contribution in [2.75, 3.05) is 6.54 Å². The summed E-state index contributed by atoms with van der Waals surface area (Å²) in [4.78, 5) is 0. The van der Waals surface area contributed by atoms with Crippen molar-refractivity contribution in [2.24, 2.45) is 0 Å². The molecule has 1 aliphatic rings. The molecule has 2 heteroatoms. The lowest BCUT2D eigenvalue weighted by Gasteiger charge is -2.20. The second-order valence-electron chi connectivity index (χ2n) is 2.51. The Labute approximate surface area is 55.9 Å². The minimum Gasteiger partial charge on any atom is -0.313 e. The van der Waals surface area contributed by atoms with Crippen molar-refractivity contribution in [3.63, 3.8) is 0 Å². The van der Waals surface area contributed by atoms with Gasteiger partial charge in [-0.3, -0.25) is 0 Å². The van der Waals surface area contributed by atoms with Crippen LogP contribution in [0.1, 0.15) is 25.7 Å². The first-order chi connectivity index (χ1) is 4.43. The highest BCUT2D eigenvalue weighted by Gasteiger charge is 2.10. The molecule has 1 atom stereocenters. The molecule has 9 heavy (non-hydrogen) atoms. The van der Waals surface area contributed by atoms with Crippen molar-refractivity contribution in [2.45, 2.75) is 31.7 Å².